The topological polar surface area (TPSA) is 87.2 Å². The molecule has 6 heteroatoms. The summed E-state index contributed by atoms with van der Waals surface area (Å²) in [5, 5.41) is 18.3. The molecule has 0 spiro atoms. The van der Waals surface area contributed by atoms with Crippen LogP contribution in [-0.2, 0) is 6.54 Å². The highest BCUT2D eigenvalue weighted by atomic mass is 16.5. The van der Waals surface area contributed by atoms with Gasteiger partial charge in [-0.3, -0.25) is 5.10 Å². The van der Waals surface area contributed by atoms with Crippen molar-refractivity contribution in [2.45, 2.75) is 20.4 Å². The monoisotopic (exact) mass is 289 g/mol. The third-order valence-corrected chi connectivity index (χ3v) is 2.81. The third-order valence-electron chi connectivity index (χ3n) is 2.81. The summed E-state index contributed by atoms with van der Waals surface area (Å²) >= 11 is 0. The van der Waals surface area contributed by atoms with Gasteiger partial charge in [0.25, 0.3) is 0 Å². The number of carbonyl (C=O) groups is 1. The van der Waals surface area contributed by atoms with Gasteiger partial charge in [-0.05, 0) is 12.0 Å². The number of hydrogen-bond donors (Lipinski definition) is 3. The van der Waals surface area contributed by atoms with Crippen molar-refractivity contribution in [3.05, 3.63) is 41.6 Å². The van der Waals surface area contributed by atoms with Crippen LogP contribution in [0.3, 0.4) is 0 Å². The van der Waals surface area contributed by atoms with Crippen LogP contribution < -0.4 is 10.1 Å². The first-order chi connectivity index (χ1) is 10.1. The number of aromatic carboxylic acids is 1. The molecule has 0 aliphatic rings. The highest BCUT2D eigenvalue weighted by Crippen LogP contribution is 2.20. The maximum absolute atomic E-state index is 10.8. The molecule has 6 nitrogen and oxygen atoms in total. The second-order valence-corrected chi connectivity index (χ2v) is 5.14. The Hall–Kier alpha value is -2.50. The van der Waals surface area contributed by atoms with E-state index >= 15 is 0 Å². The van der Waals surface area contributed by atoms with Crippen LogP contribution in [0, 0.1) is 5.92 Å². The van der Waals surface area contributed by atoms with Crippen molar-refractivity contribution in [1.82, 2.24) is 10.2 Å². The summed E-state index contributed by atoms with van der Waals surface area (Å²) in [5.74, 6) is 0.741. The fraction of sp³-hybridized carbons (Fsp3) is 0.333. The van der Waals surface area contributed by atoms with Crippen molar-refractivity contribution in [2.75, 3.05) is 11.9 Å². The smallest absolute Gasteiger partial charge is 0.353 e. The standard InChI is InChI=1S/C15H19N3O3/c1-10(2)9-21-13-6-4-3-5-11(13)8-16-14-7-12(15(19)20)17-18-14/h3-7,10H,8-9H2,1-2H3,(H,19,20)(H2,16,17,18). The molecule has 0 saturated carbocycles. The molecule has 21 heavy (non-hydrogen) atoms. The number of anilines is 1. The van der Waals surface area contributed by atoms with Crippen LogP contribution in [0.1, 0.15) is 29.9 Å². The second-order valence-electron chi connectivity index (χ2n) is 5.14. The van der Waals surface area contributed by atoms with Crippen molar-refractivity contribution in [3.63, 3.8) is 0 Å². The van der Waals surface area contributed by atoms with Gasteiger partial charge in [-0.25, -0.2) is 4.79 Å². The van der Waals surface area contributed by atoms with Crippen molar-refractivity contribution in [3.8, 4) is 5.75 Å². The van der Waals surface area contributed by atoms with E-state index < -0.39 is 5.97 Å². The number of aromatic amines is 1. The predicted octanol–water partition coefficient (Wildman–Crippen LogP) is 2.75. The number of ether oxygens (including phenoxy) is 1. The van der Waals surface area contributed by atoms with Gasteiger partial charge in [0.1, 0.15) is 17.3 Å². The van der Waals surface area contributed by atoms with E-state index in [1.54, 1.807) is 0 Å². The fourth-order valence-corrected chi connectivity index (χ4v) is 1.75. The lowest BCUT2D eigenvalue weighted by molar-refractivity contribution is 0.0690. The van der Waals surface area contributed by atoms with Crippen LogP contribution in [0.15, 0.2) is 30.3 Å². The number of nitrogens with one attached hydrogen (secondary N) is 2. The van der Waals surface area contributed by atoms with Gasteiger partial charge in [0.15, 0.2) is 0 Å². The molecule has 2 rings (SSSR count). The molecule has 0 aliphatic carbocycles. The molecule has 0 saturated heterocycles. The average molecular weight is 289 g/mol. The maximum Gasteiger partial charge on any atom is 0.353 e. The molecule has 2 aromatic rings. The fourth-order valence-electron chi connectivity index (χ4n) is 1.75. The van der Waals surface area contributed by atoms with Crippen molar-refractivity contribution >= 4 is 11.8 Å². The van der Waals surface area contributed by atoms with Gasteiger partial charge in [0.05, 0.1) is 6.61 Å². The van der Waals surface area contributed by atoms with E-state index in [2.05, 4.69) is 29.4 Å². The molecular weight excluding hydrogens is 270 g/mol. The summed E-state index contributed by atoms with van der Waals surface area (Å²) in [6.07, 6.45) is 0. The number of H-pyrrole nitrogens is 1. The van der Waals surface area contributed by atoms with Gasteiger partial charge in [0, 0.05) is 18.2 Å². The Morgan fingerprint density at radius 3 is 2.86 bits per heavy atom. The lowest BCUT2D eigenvalue weighted by Crippen LogP contribution is -2.08. The molecule has 0 fully saturated rings. The van der Waals surface area contributed by atoms with Gasteiger partial charge < -0.3 is 15.2 Å². The third kappa shape index (κ3) is 4.24. The number of rotatable bonds is 7. The van der Waals surface area contributed by atoms with Crippen LogP contribution in [-0.4, -0.2) is 27.9 Å². The minimum atomic E-state index is -1.03. The van der Waals surface area contributed by atoms with Crippen LogP contribution in [0.5, 0.6) is 5.75 Å². The Labute approximate surface area is 123 Å². The first kappa shape index (κ1) is 14.9. The number of hydrogen-bond acceptors (Lipinski definition) is 4. The summed E-state index contributed by atoms with van der Waals surface area (Å²) < 4.78 is 5.77. The largest absolute Gasteiger partial charge is 0.493 e. The summed E-state index contributed by atoms with van der Waals surface area (Å²) in [5.41, 5.74) is 1.06. The molecular formula is C15H19N3O3. The highest BCUT2D eigenvalue weighted by molar-refractivity contribution is 5.86. The molecule has 0 amide bonds. The number of carboxylic acids is 1. The zero-order valence-corrected chi connectivity index (χ0v) is 12.1. The number of nitrogens with zero attached hydrogens (tertiary/aromatic N) is 1. The van der Waals surface area contributed by atoms with Gasteiger partial charge >= 0.3 is 5.97 Å². The van der Waals surface area contributed by atoms with Gasteiger partial charge in [0.2, 0.25) is 0 Å². The quantitative estimate of drug-likeness (QED) is 0.729. The van der Waals surface area contributed by atoms with E-state index in [9.17, 15) is 4.79 Å². The molecule has 1 aromatic heterocycles. The first-order valence-electron chi connectivity index (χ1n) is 6.79. The Morgan fingerprint density at radius 2 is 2.19 bits per heavy atom. The van der Waals surface area contributed by atoms with Crippen LogP contribution in [0.4, 0.5) is 5.82 Å². The molecule has 1 heterocycles. The SMILES string of the molecule is CC(C)COc1ccccc1CNc1cc(C(=O)O)[nH]n1. The number of carboxylic acid groups (broad SMARTS) is 1. The zero-order chi connectivity index (χ0) is 15.2. The summed E-state index contributed by atoms with van der Waals surface area (Å²) in [4.78, 5) is 10.8. The van der Waals surface area contributed by atoms with Gasteiger partial charge in [-0.1, -0.05) is 32.0 Å². The van der Waals surface area contributed by atoms with Crippen LogP contribution >= 0.6 is 0 Å². The maximum atomic E-state index is 10.8. The Morgan fingerprint density at radius 1 is 1.43 bits per heavy atom. The van der Waals surface area contributed by atoms with E-state index in [1.807, 2.05) is 24.3 Å². The van der Waals surface area contributed by atoms with E-state index in [0.717, 1.165) is 11.3 Å². The minimum absolute atomic E-state index is 0.0573. The first-order valence-corrected chi connectivity index (χ1v) is 6.79. The van der Waals surface area contributed by atoms with Crippen molar-refractivity contribution in [2.24, 2.45) is 5.92 Å². The number of benzene rings is 1. The molecule has 0 atom stereocenters. The molecule has 0 aliphatic heterocycles. The van der Waals surface area contributed by atoms with Crippen LogP contribution in [0.2, 0.25) is 0 Å². The van der Waals surface area contributed by atoms with Crippen LogP contribution in [0.25, 0.3) is 0 Å². The number of para-hydroxylation sites is 1. The Balaban J connectivity index is 2.00. The van der Waals surface area contributed by atoms with Crippen molar-refractivity contribution < 1.29 is 14.6 Å². The highest BCUT2D eigenvalue weighted by Gasteiger charge is 2.08. The summed E-state index contributed by atoms with van der Waals surface area (Å²) in [6, 6.07) is 9.21. The van der Waals surface area contributed by atoms with Gasteiger partial charge in [-0.15, -0.1) is 0 Å². The molecule has 1 aromatic carbocycles. The van der Waals surface area contributed by atoms with E-state index in [1.165, 1.54) is 6.07 Å². The lowest BCUT2D eigenvalue weighted by Gasteiger charge is -2.13. The van der Waals surface area contributed by atoms with E-state index in [0.29, 0.717) is 24.9 Å². The molecule has 0 unspecified atom stereocenters. The Kier molecular flexibility index (Phi) is 4.81. The lowest BCUT2D eigenvalue weighted by atomic mass is 10.2. The molecule has 0 bridgehead atoms. The molecule has 3 N–H and O–H groups in total. The summed E-state index contributed by atoms with van der Waals surface area (Å²) in [6.45, 7) is 5.36. The Bertz CT molecular complexity index is 608. The molecule has 0 radical (unpaired) electrons. The minimum Gasteiger partial charge on any atom is -0.493 e. The van der Waals surface area contributed by atoms with E-state index in [4.69, 9.17) is 9.84 Å². The second kappa shape index (κ2) is 6.78. The predicted molar refractivity (Wildman–Crippen MR) is 79.6 cm³/mol. The summed E-state index contributed by atoms with van der Waals surface area (Å²) in [7, 11) is 0. The normalized spacial score (nSPS) is 10.6. The average Bonchev–Trinajstić information content (AvgIpc) is 2.93. The number of aromatic nitrogens is 2. The van der Waals surface area contributed by atoms with Gasteiger partial charge in [-0.2, -0.15) is 5.10 Å². The van der Waals surface area contributed by atoms with E-state index in [-0.39, 0.29) is 5.69 Å². The van der Waals surface area contributed by atoms with Crippen molar-refractivity contribution in [1.29, 1.82) is 0 Å². The molecule has 112 valence electrons. The zero-order valence-electron chi connectivity index (χ0n) is 12.1.